The van der Waals surface area contributed by atoms with Crippen LogP contribution in [0.2, 0.25) is 0 Å². The number of rotatable bonds is 8. The lowest BCUT2D eigenvalue weighted by molar-refractivity contribution is -0.121. The molecule has 0 bridgehead atoms. The molecule has 2 aromatic carbocycles. The number of hydrogen-bond acceptors (Lipinski definition) is 7. The zero-order valence-corrected chi connectivity index (χ0v) is 18.5. The highest BCUT2D eigenvalue weighted by molar-refractivity contribution is 7.89. The summed E-state index contributed by atoms with van der Waals surface area (Å²) < 4.78 is 32.4. The average molecular weight is 460 g/mol. The molecule has 0 unspecified atom stereocenters. The Labute approximate surface area is 186 Å². The van der Waals surface area contributed by atoms with Crippen molar-refractivity contribution in [3.05, 3.63) is 48.0 Å². The molecule has 0 atom stereocenters. The molecule has 1 amide bonds. The van der Waals surface area contributed by atoms with E-state index in [0.29, 0.717) is 43.0 Å². The Hall–Kier alpha value is -3.02. The van der Waals surface area contributed by atoms with E-state index in [1.807, 2.05) is 24.3 Å². The van der Waals surface area contributed by atoms with Crippen molar-refractivity contribution in [1.29, 1.82) is 0 Å². The van der Waals surface area contributed by atoms with E-state index in [0.717, 1.165) is 17.7 Å². The number of sulfonamides is 1. The first kappa shape index (κ1) is 22.2. The van der Waals surface area contributed by atoms with Gasteiger partial charge in [0.2, 0.25) is 10.0 Å². The summed E-state index contributed by atoms with van der Waals surface area (Å²) in [6.45, 7) is 3.13. The molecule has 11 heteroatoms. The number of benzene rings is 2. The topological polar surface area (TPSA) is 116 Å². The minimum Gasteiger partial charge on any atom is -0.385 e. The summed E-state index contributed by atoms with van der Waals surface area (Å²) in [4.78, 5) is 18.9. The van der Waals surface area contributed by atoms with Gasteiger partial charge in [0.15, 0.2) is 6.61 Å². The third-order valence-electron chi connectivity index (χ3n) is 5.09. The maximum Gasteiger partial charge on any atom is 0.265 e. The molecule has 32 heavy (non-hydrogen) atoms. The first-order valence-electron chi connectivity index (χ1n) is 10.4. The van der Waals surface area contributed by atoms with Crippen molar-refractivity contribution in [2.24, 2.45) is 0 Å². The van der Waals surface area contributed by atoms with E-state index < -0.39 is 10.0 Å². The van der Waals surface area contributed by atoms with E-state index in [-0.39, 0.29) is 17.4 Å². The molecule has 3 aromatic rings. The number of morpholine rings is 1. The van der Waals surface area contributed by atoms with Gasteiger partial charge in [0.1, 0.15) is 11.0 Å². The summed E-state index contributed by atoms with van der Waals surface area (Å²) in [5.74, 6) is -0.367. The highest BCUT2D eigenvalue weighted by atomic mass is 32.2. The minimum absolute atomic E-state index is 0.107. The predicted molar refractivity (Wildman–Crippen MR) is 118 cm³/mol. The predicted octanol–water partition coefficient (Wildman–Crippen LogP) is 1.47. The normalized spacial score (nSPS) is 15.0. The second-order valence-corrected chi connectivity index (χ2v) is 9.34. The van der Waals surface area contributed by atoms with Gasteiger partial charge in [-0.05, 0) is 47.5 Å². The highest BCUT2D eigenvalue weighted by Gasteiger charge is 2.27. The monoisotopic (exact) mass is 459 g/mol. The highest BCUT2D eigenvalue weighted by Crippen LogP contribution is 2.21. The number of hydrogen-bond donors (Lipinski definition) is 1. The average Bonchev–Trinajstić information content (AvgIpc) is 3.22. The zero-order valence-electron chi connectivity index (χ0n) is 17.7. The summed E-state index contributed by atoms with van der Waals surface area (Å²) in [6.07, 6.45) is 2.04. The Bertz CT molecular complexity index is 1190. The second kappa shape index (κ2) is 9.63. The summed E-state index contributed by atoms with van der Waals surface area (Å²) in [5, 5.41) is 10.6. The third kappa shape index (κ3) is 4.90. The molecule has 1 aromatic heterocycles. The van der Waals surface area contributed by atoms with Crippen molar-refractivity contribution in [2.75, 3.05) is 38.2 Å². The van der Waals surface area contributed by atoms with E-state index in [2.05, 4.69) is 22.6 Å². The maximum absolute atomic E-state index is 12.9. The van der Waals surface area contributed by atoms with Crippen molar-refractivity contribution in [2.45, 2.75) is 24.7 Å². The van der Waals surface area contributed by atoms with E-state index in [1.54, 1.807) is 6.07 Å². The standard InChI is InChI=1S/C21H25N5O5S/c1-2-3-16-4-6-17(7-5-16)22-21(27)15-31-26-20-14-18(8-9-19(20)23-24-26)32(28,29)25-10-12-30-13-11-25/h4-9,14H,2-3,10-13,15H2,1H3,(H,22,27). The lowest BCUT2D eigenvalue weighted by Gasteiger charge is -2.26. The SMILES string of the molecule is CCCc1ccc(NC(=O)COn2nnc3ccc(S(=O)(=O)N4CCOCC4)cc32)cc1. The molecule has 1 fully saturated rings. The number of ether oxygens (including phenoxy) is 1. The Kier molecular flexibility index (Phi) is 6.68. The minimum atomic E-state index is -3.68. The molecule has 1 aliphatic heterocycles. The largest absolute Gasteiger partial charge is 0.385 e. The number of carbonyl (C=O) groups excluding carboxylic acids is 1. The van der Waals surface area contributed by atoms with Gasteiger partial charge in [-0.15, -0.1) is 5.10 Å². The molecule has 1 saturated heterocycles. The molecule has 0 saturated carbocycles. The molecule has 0 spiro atoms. The fourth-order valence-electron chi connectivity index (χ4n) is 3.43. The Balaban J connectivity index is 1.44. The number of aryl methyl sites for hydroxylation is 1. The van der Waals surface area contributed by atoms with Crippen molar-refractivity contribution in [3.8, 4) is 0 Å². The van der Waals surface area contributed by atoms with Gasteiger partial charge in [-0.3, -0.25) is 4.79 Å². The number of carbonyl (C=O) groups is 1. The van der Waals surface area contributed by atoms with Gasteiger partial charge in [0, 0.05) is 18.8 Å². The van der Waals surface area contributed by atoms with E-state index in [1.165, 1.54) is 22.0 Å². The number of anilines is 1. The van der Waals surface area contributed by atoms with Gasteiger partial charge >= 0.3 is 0 Å². The van der Waals surface area contributed by atoms with Crippen LogP contribution in [0.15, 0.2) is 47.4 Å². The van der Waals surface area contributed by atoms with Gasteiger partial charge in [-0.1, -0.05) is 30.3 Å². The van der Waals surface area contributed by atoms with E-state index in [4.69, 9.17) is 9.57 Å². The molecule has 2 heterocycles. The van der Waals surface area contributed by atoms with Crippen LogP contribution in [0, 0.1) is 0 Å². The first-order chi connectivity index (χ1) is 15.5. The van der Waals surface area contributed by atoms with Crippen LogP contribution in [0.3, 0.4) is 0 Å². The molecule has 1 aliphatic rings. The molecule has 0 aliphatic carbocycles. The molecular formula is C21H25N5O5S. The fourth-order valence-corrected chi connectivity index (χ4v) is 4.86. The third-order valence-corrected chi connectivity index (χ3v) is 6.98. The second-order valence-electron chi connectivity index (χ2n) is 7.40. The van der Waals surface area contributed by atoms with Gasteiger partial charge in [-0.25, -0.2) is 8.42 Å². The van der Waals surface area contributed by atoms with Crippen LogP contribution < -0.4 is 10.2 Å². The van der Waals surface area contributed by atoms with Crippen molar-refractivity contribution >= 4 is 32.7 Å². The molecule has 0 radical (unpaired) electrons. The summed E-state index contributed by atoms with van der Waals surface area (Å²) in [6, 6.07) is 12.1. The van der Waals surface area contributed by atoms with Crippen LogP contribution in [-0.2, 0) is 26.0 Å². The number of nitrogens with zero attached hydrogens (tertiary/aromatic N) is 4. The van der Waals surface area contributed by atoms with Crippen molar-refractivity contribution in [1.82, 2.24) is 19.5 Å². The Morgan fingerprint density at radius 3 is 2.62 bits per heavy atom. The lowest BCUT2D eigenvalue weighted by Crippen LogP contribution is -2.40. The van der Waals surface area contributed by atoms with Crippen LogP contribution in [0.1, 0.15) is 18.9 Å². The quantitative estimate of drug-likeness (QED) is 0.542. The maximum atomic E-state index is 12.9. The van der Waals surface area contributed by atoms with Gasteiger partial charge < -0.3 is 14.9 Å². The molecule has 4 rings (SSSR count). The summed E-state index contributed by atoms with van der Waals surface area (Å²) >= 11 is 0. The van der Waals surface area contributed by atoms with Gasteiger partial charge in [0.05, 0.1) is 18.1 Å². The number of fused-ring (bicyclic) bond motifs is 1. The molecule has 1 N–H and O–H groups in total. The van der Waals surface area contributed by atoms with E-state index >= 15 is 0 Å². The van der Waals surface area contributed by atoms with Crippen molar-refractivity contribution in [3.63, 3.8) is 0 Å². The Morgan fingerprint density at radius 1 is 1.16 bits per heavy atom. The van der Waals surface area contributed by atoms with E-state index in [9.17, 15) is 13.2 Å². The van der Waals surface area contributed by atoms with Crippen LogP contribution in [0.4, 0.5) is 5.69 Å². The number of aromatic nitrogens is 3. The van der Waals surface area contributed by atoms with Gasteiger partial charge in [-0.2, -0.15) is 4.31 Å². The molecule has 10 nitrogen and oxygen atoms in total. The number of nitrogens with one attached hydrogen (secondary N) is 1. The smallest absolute Gasteiger partial charge is 0.265 e. The van der Waals surface area contributed by atoms with Gasteiger partial charge in [0.25, 0.3) is 5.91 Å². The number of amides is 1. The Morgan fingerprint density at radius 2 is 1.91 bits per heavy atom. The van der Waals surface area contributed by atoms with Crippen LogP contribution >= 0.6 is 0 Å². The van der Waals surface area contributed by atoms with Crippen LogP contribution in [-0.4, -0.2) is 66.7 Å². The first-order valence-corrected chi connectivity index (χ1v) is 11.9. The molecular weight excluding hydrogens is 434 g/mol. The summed E-state index contributed by atoms with van der Waals surface area (Å²) in [7, 11) is -3.68. The van der Waals surface area contributed by atoms with Crippen LogP contribution in [0.5, 0.6) is 0 Å². The molecule has 170 valence electrons. The zero-order chi connectivity index (χ0) is 22.6. The lowest BCUT2D eigenvalue weighted by atomic mass is 10.1. The summed E-state index contributed by atoms with van der Waals surface area (Å²) in [5.41, 5.74) is 2.69. The fraction of sp³-hybridized carbons (Fsp3) is 0.381. The van der Waals surface area contributed by atoms with Crippen molar-refractivity contribution < 1.29 is 22.8 Å². The van der Waals surface area contributed by atoms with Crippen LogP contribution in [0.25, 0.3) is 11.0 Å².